The van der Waals surface area contributed by atoms with E-state index in [4.69, 9.17) is 0 Å². The summed E-state index contributed by atoms with van der Waals surface area (Å²) < 4.78 is 0. The molecule has 1 aliphatic carbocycles. The molecule has 0 heterocycles. The summed E-state index contributed by atoms with van der Waals surface area (Å²) >= 11 is 0. The van der Waals surface area contributed by atoms with Gasteiger partial charge in [-0.25, -0.2) is 0 Å². The Kier molecular flexibility index (Phi) is 14.1. The second kappa shape index (κ2) is 12.9. The zero-order valence-electron chi connectivity index (χ0n) is 10.8. The number of hydrogen-bond acceptors (Lipinski definition) is 1. The molecule has 0 bridgehead atoms. The maximum atomic E-state index is 10.4. The summed E-state index contributed by atoms with van der Waals surface area (Å²) in [5.41, 5.74) is 0. The molecule has 0 saturated heterocycles. The van der Waals surface area contributed by atoms with Crippen molar-refractivity contribution in [2.75, 3.05) is 14.1 Å². The highest BCUT2D eigenvalue weighted by atomic mass is 16.2. The minimum absolute atomic E-state index is 0.181. The molecule has 1 amide bonds. The summed E-state index contributed by atoms with van der Waals surface area (Å²) in [5, 5.41) is 0. The molecule has 2 nitrogen and oxygen atoms in total. The van der Waals surface area contributed by atoms with Gasteiger partial charge in [0.1, 0.15) is 0 Å². The van der Waals surface area contributed by atoms with Crippen LogP contribution in [-0.2, 0) is 4.79 Å². The monoisotopic (exact) mass is 211 g/mol. The van der Waals surface area contributed by atoms with Gasteiger partial charge in [0.05, 0.1) is 0 Å². The zero-order chi connectivity index (χ0) is 12.1. The summed E-state index contributed by atoms with van der Waals surface area (Å²) in [7, 11) is 3.51. The van der Waals surface area contributed by atoms with Crippen LogP contribution in [0.3, 0.4) is 0 Å². The number of amides is 1. The van der Waals surface area contributed by atoms with Crippen molar-refractivity contribution in [3.8, 4) is 0 Å². The molecule has 0 fully saturated rings. The third-order valence-electron chi connectivity index (χ3n) is 1.68. The first kappa shape index (κ1) is 16.4. The van der Waals surface area contributed by atoms with Gasteiger partial charge in [-0.05, 0) is 12.8 Å². The van der Waals surface area contributed by atoms with Crippen LogP contribution in [0.25, 0.3) is 0 Å². The van der Waals surface area contributed by atoms with Crippen molar-refractivity contribution in [2.45, 2.75) is 40.0 Å². The van der Waals surface area contributed by atoms with Gasteiger partial charge in [0.25, 0.3) is 0 Å². The molecule has 0 aromatic rings. The van der Waals surface area contributed by atoms with Crippen molar-refractivity contribution >= 4 is 5.91 Å². The molecule has 0 spiro atoms. The Morgan fingerprint density at radius 2 is 1.53 bits per heavy atom. The van der Waals surface area contributed by atoms with Crippen LogP contribution in [0.15, 0.2) is 24.3 Å². The molecular formula is C13H25NO. The minimum Gasteiger partial charge on any atom is -0.349 e. The normalized spacial score (nSPS) is 11.8. The topological polar surface area (TPSA) is 20.3 Å². The number of carbonyl (C=O) groups excluding carboxylic acids is 1. The second-order valence-electron chi connectivity index (χ2n) is 3.08. The molecule has 1 rings (SSSR count). The van der Waals surface area contributed by atoms with E-state index < -0.39 is 0 Å². The van der Waals surface area contributed by atoms with Gasteiger partial charge in [0, 0.05) is 20.5 Å². The van der Waals surface area contributed by atoms with E-state index in [1.807, 2.05) is 20.8 Å². The quantitative estimate of drug-likeness (QED) is 0.651. The van der Waals surface area contributed by atoms with Crippen LogP contribution in [0.2, 0.25) is 0 Å². The first-order valence-electron chi connectivity index (χ1n) is 5.70. The van der Waals surface area contributed by atoms with Gasteiger partial charge in [-0.3, -0.25) is 4.79 Å². The van der Waals surface area contributed by atoms with Crippen LogP contribution in [0.4, 0.5) is 0 Å². The van der Waals surface area contributed by atoms with E-state index in [0.29, 0.717) is 6.42 Å². The molecule has 0 aromatic heterocycles. The number of nitrogens with zero attached hydrogens (tertiary/aromatic N) is 1. The maximum Gasteiger partial charge on any atom is 0.221 e. The lowest BCUT2D eigenvalue weighted by Crippen LogP contribution is -2.19. The molecule has 0 unspecified atom stereocenters. The SMILES string of the molecule is C1=CCCC=C1.CC.CCC(=O)N(C)C. The highest BCUT2D eigenvalue weighted by Crippen LogP contribution is 1.98. The zero-order valence-corrected chi connectivity index (χ0v) is 10.8. The van der Waals surface area contributed by atoms with Crippen LogP contribution < -0.4 is 0 Å². The predicted molar refractivity (Wildman–Crippen MR) is 67.8 cm³/mol. The summed E-state index contributed by atoms with van der Waals surface area (Å²) in [5.74, 6) is 0.181. The molecule has 15 heavy (non-hydrogen) atoms. The number of hydrogen-bond donors (Lipinski definition) is 0. The number of allylic oxidation sites excluding steroid dienone is 4. The summed E-state index contributed by atoms with van der Waals surface area (Å²) in [4.78, 5) is 12.0. The van der Waals surface area contributed by atoms with Crippen molar-refractivity contribution in [2.24, 2.45) is 0 Å². The Morgan fingerprint density at radius 1 is 1.13 bits per heavy atom. The van der Waals surface area contributed by atoms with Gasteiger partial charge in [0.2, 0.25) is 5.91 Å². The number of carbonyl (C=O) groups is 1. The molecule has 1 aliphatic rings. The van der Waals surface area contributed by atoms with E-state index in [-0.39, 0.29) is 5.91 Å². The van der Waals surface area contributed by atoms with Crippen LogP contribution >= 0.6 is 0 Å². The first-order valence-corrected chi connectivity index (χ1v) is 5.70. The molecule has 88 valence electrons. The Labute approximate surface area is 94.7 Å². The highest BCUT2D eigenvalue weighted by Gasteiger charge is 1.95. The molecule has 0 N–H and O–H groups in total. The average molecular weight is 211 g/mol. The predicted octanol–water partition coefficient (Wildman–Crippen LogP) is 3.40. The van der Waals surface area contributed by atoms with E-state index in [0.717, 1.165) is 0 Å². The summed E-state index contributed by atoms with van der Waals surface area (Å²) in [6, 6.07) is 0. The lowest BCUT2D eigenvalue weighted by molar-refractivity contribution is -0.128. The van der Waals surface area contributed by atoms with Crippen molar-refractivity contribution in [1.82, 2.24) is 4.90 Å². The van der Waals surface area contributed by atoms with E-state index in [9.17, 15) is 4.79 Å². The summed E-state index contributed by atoms with van der Waals surface area (Å²) in [6.07, 6.45) is 11.6. The van der Waals surface area contributed by atoms with Crippen molar-refractivity contribution in [1.29, 1.82) is 0 Å². The summed E-state index contributed by atoms with van der Waals surface area (Å²) in [6.45, 7) is 5.85. The van der Waals surface area contributed by atoms with Crippen LogP contribution in [0.5, 0.6) is 0 Å². The van der Waals surface area contributed by atoms with Gasteiger partial charge in [-0.1, -0.05) is 45.1 Å². The standard InChI is InChI=1S/C6H8.C5H11NO.C2H6/c1-2-4-6-5-3-1;1-4-5(7)6(2)3;1-2/h1-4H,5-6H2;4H2,1-3H3;1-2H3. The van der Waals surface area contributed by atoms with E-state index >= 15 is 0 Å². The fourth-order valence-electron chi connectivity index (χ4n) is 0.858. The van der Waals surface area contributed by atoms with Crippen molar-refractivity contribution in [3.63, 3.8) is 0 Å². The third kappa shape index (κ3) is 12.9. The molecule has 0 aliphatic heterocycles. The minimum atomic E-state index is 0.181. The van der Waals surface area contributed by atoms with Crippen LogP contribution in [0, 0.1) is 0 Å². The molecule has 0 radical (unpaired) electrons. The second-order valence-corrected chi connectivity index (χ2v) is 3.08. The molecule has 0 saturated carbocycles. The largest absolute Gasteiger partial charge is 0.349 e. The van der Waals surface area contributed by atoms with Gasteiger partial charge < -0.3 is 4.90 Å². The molecule has 0 atom stereocenters. The Hall–Kier alpha value is -1.05. The molecule has 2 heteroatoms. The van der Waals surface area contributed by atoms with E-state index in [1.54, 1.807) is 19.0 Å². The van der Waals surface area contributed by atoms with Crippen LogP contribution in [-0.4, -0.2) is 24.9 Å². The third-order valence-corrected chi connectivity index (χ3v) is 1.68. The Bertz CT molecular complexity index is 181. The number of rotatable bonds is 1. The van der Waals surface area contributed by atoms with Gasteiger partial charge in [0.15, 0.2) is 0 Å². The smallest absolute Gasteiger partial charge is 0.221 e. The van der Waals surface area contributed by atoms with Gasteiger partial charge in [-0.15, -0.1) is 0 Å². The van der Waals surface area contributed by atoms with E-state index in [2.05, 4.69) is 24.3 Å². The lowest BCUT2D eigenvalue weighted by Gasteiger charge is -2.05. The Morgan fingerprint density at radius 3 is 1.60 bits per heavy atom. The first-order chi connectivity index (χ1) is 7.18. The fraction of sp³-hybridized carbons (Fsp3) is 0.615. The fourth-order valence-corrected chi connectivity index (χ4v) is 0.858. The molecule has 0 aromatic carbocycles. The molecular weight excluding hydrogens is 186 g/mol. The lowest BCUT2D eigenvalue weighted by atomic mass is 10.2. The maximum absolute atomic E-state index is 10.4. The van der Waals surface area contributed by atoms with Gasteiger partial charge in [-0.2, -0.15) is 0 Å². The average Bonchev–Trinajstić information content (AvgIpc) is 2.33. The highest BCUT2D eigenvalue weighted by molar-refractivity contribution is 5.75. The van der Waals surface area contributed by atoms with Gasteiger partial charge >= 0.3 is 0 Å². The van der Waals surface area contributed by atoms with Crippen molar-refractivity contribution < 1.29 is 4.79 Å². The van der Waals surface area contributed by atoms with E-state index in [1.165, 1.54) is 12.8 Å². The Balaban J connectivity index is 0. The van der Waals surface area contributed by atoms with Crippen molar-refractivity contribution in [3.05, 3.63) is 24.3 Å². The van der Waals surface area contributed by atoms with Crippen LogP contribution in [0.1, 0.15) is 40.0 Å².